The molecule has 1 atom stereocenters. The number of amides is 2. The maximum Gasteiger partial charge on any atom is 0.291 e. The first-order valence-electron chi connectivity index (χ1n) is 11.8. The van der Waals surface area contributed by atoms with Crippen molar-refractivity contribution in [3.8, 4) is 11.8 Å². The van der Waals surface area contributed by atoms with Crippen molar-refractivity contribution in [3.63, 3.8) is 0 Å². The molecule has 3 N–H and O–H groups in total. The number of rotatable bonds is 7. The number of nitrogens with one attached hydrogen (secondary N) is 1. The first kappa shape index (κ1) is 26.5. The largest absolute Gasteiger partial charge is 0.459 e. The molecule has 4 aromatic rings. The van der Waals surface area contributed by atoms with E-state index >= 15 is 0 Å². The normalized spacial score (nSPS) is 12.1. The van der Waals surface area contributed by atoms with E-state index in [4.69, 9.17) is 10.2 Å². The maximum atomic E-state index is 13.6. The minimum atomic E-state index is -2.99. The van der Waals surface area contributed by atoms with Crippen LogP contribution in [0.25, 0.3) is 0 Å². The van der Waals surface area contributed by atoms with Crippen LogP contribution < -0.4 is 11.1 Å². The average Bonchev–Trinajstić information content (AvgIpc) is 3.37. The number of aryl methyl sites for hydroxylation is 1. The van der Waals surface area contributed by atoms with Gasteiger partial charge in [-0.25, -0.2) is 4.21 Å². The number of nitrogens with two attached hydrogens (primary N) is 1. The number of benzene rings is 2. The monoisotopic (exact) mass is 526 g/mol. The zero-order chi connectivity index (χ0) is 27.0. The molecule has 0 unspecified atom stereocenters. The Balaban J connectivity index is 1.55. The fourth-order valence-corrected chi connectivity index (χ4v) is 5.50. The molecule has 2 aromatic heterocycles. The van der Waals surface area contributed by atoms with Crippen molar-refractivity contribution in [1.29, 1.82) is 0 Å². The van der Waals surface area contributed by atoms with Crippen LogP contribution in [0.5, 0.6) is 0 Å². The Hall–Kier alpha value is -4.52. The van der Waals surface area contributed by atoms with Gasteiger partial charge in [-0.2, -0.15) is 4.36 Å². The molecule has 0 aliphatic rings. The van der Waals surface area contributed by atoms with E-state index in [-0.39, 0.29) is 23.0 Å². The van der Waals surface area contributed by atoms with Gasteiger partial charge in [0.1, 0.15) is 0 Å². The van der Waals surface area contributed by atoms with Gasteiger partial charge in [-0.3, -0.25) is 14.6 Å². The minimum absolute atomic E-state index is 0.179. The fraction of sp³-hybridized carbons (Fsp3) is 0.138. The highest BCUT2D eigenvalue weighted by Gasteiger charge is 2.16. The third kappa shape index (κ3) is 6.62. The van der Waals surface area contributed by atoms with Crippen LogP contribution in [-0.4, -0.2) is 33.3 Å². The van der Waals surface area contributed by atoms with Gasteiger partial charge in [0.25, 0.3) is 11.8 Å². The summed E-state index contributed by atoms with van der Waals surface area (Å²) in [6.07, 6.45) is 4.83. The van der Waals surface area contributed by atoms with Crippen LogP contribution in [0.3, 0.4) is 0 Å². The van der Waals surface area contributed by atoms with E-state index in [1.165, 1.54) is 18.7 Å². The summed E-state index contributed by atoms with van der Waals surface area (Å²) >= 11 is 0. The first-order valence-corrected chi connectivity index (χ1v) is 13.5. The molecular formula is C29H26N4O4S. The van der Waals surface area contributed by atoms with Gasteiger partial charge < -0.3 is 15.5 Å². The van der Waals surface area contributed by atoms with Gasteiger partial charge in [0.2, 0.25) is 0 Å². The summed E-state index contributed by atoms with van der Waals surface area (Å²) < 4.78 is 22.9. The first-order chi connectivity index (χ1) is 18.4. The lowest BCUT2D eigenvalue weighted by Crippen LogP contribution is -2.13. The predicted molar refractivity (Wildman–Crippen MR) is 146 cm³/mol. The van der Waals surface area contributed by atoms with Gasteiger partial charge in [-0.1, -0.05) is 36.1 Å². The van der Waals surface area contributed by atoms with E-state index in [1.807, 2.05) is 6.07 Å². The highest BCUT2D eigenvalue weighted by Crippen LogP contribution is 2.18. The van der Waals surface area contributed by atoms with Gasteiger partial charge in [0, 0.05) is 45.4 Å². The Morgan fingerprint density at radius 3 is 2.55 bits per heavy atom. The number of pyridine rings is 1. The Bertz CT molecular complexity index is 1640. The molecule has 0 aliphatic carbocycles. The molecule has 38 heavy (non-hydrogen) atoms. The zero-order valence-electron chi connectivity index (χ0n) is 20.7. The predicted octanol–water partition coefficient (Wildman–Crippen LogP) is 4.65. The zero-order valence-corrected chi connectivity index (χ0v) is 21.5. The third-order valence-corrected chi connectivity index (χ3v) is 7.80. The number of carbonyl (C=O) groups is 2. The summed E-state index contributed by atoms with van der Waals surface area (Å²) in [6, 6.07) is 19.0. The third-order valence-electron chi connectivity index (χ3n) is 5.49. The number of hydrogen-bond acceptors (Lipinski definition) is 6. The number of hydrogen-bond donors (Lipinski definition) is 2. The number of furan rings is 1. The SMILES string of the molecule is Cc1ccoc1C(=O)Nc1cccc(C#Cc2cncc(C(=O)N=[S@](=O)(CCCN)c3ccccc3)c2)c1. The van der Waals surface area contributed by atoms with Gasteiger partial charge in [0.05, 0.1) is 21.6 Å². The molecule has 0 saturated heterocycles. The van der Waals surface area contributed by atoms with Crippen molar-refractivity contribution in [2.45, 2.75) is 18.2 Å². The lowest BCUT2D eigenvalue weighted by molar-refractivity contribution is 0.0991. The second-order valence-electron chi connectivity index (χ2n) is 8.38. The quantitative estimate of drug-likeness (QED) is 0.338. The van der Waals surface area contributed by atoms with E-state index < -0.39 is 15.6 Å². The summed E-state index contributed by atoms with van der Waals surface area (Å²) in [5, 5.41) is 2.79. The van der Waals surface area contributed by atoms with E-state index in [0.717, 1.165) is 5.56 Å². The van der Waals surface area contributed by atoms with E-state index in [9.17, 15) is 13.8 Å². The molecule has 192 valence electrons. The van der Waals surface area contributed by atoms with Crippen molar-refractivity contribution in [3.05, 3.63) is 113 Å². The van der Waals surface area contributed by atoms with Gasteiger partial charge in [0.15, 0.2) is 5.76 Å². The molecular weight excluding hydrogens is 500 g/mol. The van der Waals surface area contributed by atoms with Crippen molar-refractivity contribution in [2.75, 3.05) is 17.6 Å². The summed E-state index contributed by atoms with van der Waals surface area (Å²) in [5.74, 6) is 5.43. The van der Waals surface area contributed by atoms with Crippen LogP contribution in [0.4, 0.5) is 5.69 Å². The molecule has 0 spiro atoms. The molecule has 9 heteroatoms. The van der Waals surface area contributed by atoms with Crippen molar-refractivity contribution in [1.82, 2.24) is 4.98 Å². The number of carbonyl (C=O) groups excluding carboxylic acids is 2. The average molecular weight is 527 g/mol. The Kier molecular flexibility index (Phi) is 8.48. The second kappa shape index (κ2) is 12.1. The van der Waals surface area contributed by atoms with Crippen LogP contribution in [0.1, 0.15) is 44.0 Å². The smallest absolute Gasteiger partial charge is 0.291 e. The second-order valence-corrected chi connectivity index (χ2v) is 10.7. The molecule has 4 rings (SSSR count). The maximum absolute atomic E-state index is 13.6. The molecule has 2 aromatic carbocycles. The summed E-state index contributed by atoms with van der Waals surface area (Å²) in [7, 11) is -2.99. The molecule has 2 amide bonds. The lowest BCUT2D eigenvalue weighted by atomic mass is 10.1. The summed E-state index contributed by atoms with van der Waals surface area (Å²) in [5.41, 5.74) is 8.24. The number of anilines is 1. The Labute approximate surface area is 221 Å². The topological polar surface area (TPSA) is 128 Å². The Morgan fingerprint density at radius 2 is 1.82 bits per heavy atom. The van der Waals surface area contributed by atoms with Gasteiger partial charge >= 0.3 is 0 Å². The fourth-order valence-electron chi connectivity index (χ4n) is 3.55. The van der Waals surface area contributed by atoms with Crippen molar-refractivity contribution < 1.29 is 18.2 Å². The molecule has 0 fully saturated rings. The summed E-state index contributed by atoms with van der Waals surface area (Å²) in [4.78, 5) is 30.0. The summed E-state index contributed by atoms with van der Waals surface area (Å²) in [6.45, 7) is 2.13. The highest BCUT2D eigenvalue weighted by molar-refractivity contribution is 7.94. The Morgan fingerprint density at radius 1 is 1.03 bits per heavy atom. The van der Waals surface area contributed by atoms with Crippen molar-refractivity contribution >= 4 is 27.2 Å². The van der Waals surface area contributed by atoms with Crippen LogP contribution >= 0.6 is 0 Å². The molecule has 8 nitrogen and oxygen atoms in total. The molecule has 0 bridgehead atoms. The standard InChI is InChI=1S/C29H26N4O4S/c1-21-13-15-37-27(21)29(35)32-25-8-5-7-22(18-25)11-12-23-17-24(20-31-19-23)28(34)33-38(36,16-6-14-30)26-9-3-2-4-10-26/h2-5,7-10,13,15,17-20H,6,14,16,30H2,1H3,(H,32,35)/t38-/m0/s1. The van der Waals surface area contributed by atoms with E-state index in [2.05, 4.69) is 26.5 Å². The van der Waals surface area contributed by atoms with E-state index in [1.54, 1.807) is 67.6 Å². The molecule has 0 saturated carbocycles. The van der Waals surface area contributed by atoms with Crippen molar-refractivity contribution in [2.24, 2.45) is 10.1 Å². The van der Waals surface area contributed by atoms with Gasteiger partial charge in [-0.15, -0.1) is 0 Å². The van der Waals surface area contributed by atoms with Crippen LogP contribution in [0.15, 0.2) is 99.1 Å². The highest BCUT2D eigenvalue weighted by atomic mass is 32.2. The van der Waals surface area contributed by atoms with Crippen LogP contribution in [-0.2, 0) is 9.73 Å². The lowest BCUT2D eigenvalue weighted by Gasteiger charge is -2.09. The molecule has 2 heterocycles. The molecule has 0 radical (unpaired) electrons. The molecule has 0 aliphatic heterocycles. The number of aromatic nitrogens is 1. The van der Waals surface area contributed by atoms with Crippen LogP contribution in [0, 0.1) is 18.8 Å². The van der Waals surface area contributed by atoms with E-state index in [0.29, 0.717) is 34.7 Å². The van der Waals surface area contributed by atoms with Gasteiger partial charge in [-0.05, 0) is 62.4 Å². The van der Waals surface area contributed by atoms with Crippen LogP contribution in [0.2, 0.25) is 0 Å². The number of nitrogens with zero attached hydrogens (tertiary/aromatic N) is 2. The minimum Gasteiger partial charge on any atom is -0.459 e.